The van der Waals surface area contributed by atoms with E-state index in [1.807, 2.05) is 20.8 Å². The highest BCUT2D eigenvalue weighted by Crippen LogP contribution is 2.23. The average molecular weight is 269 g/mol. The van der Waals surface area contributed by atoms with Gasteiger partial charge >= 0.3 is 0 Å². The van der Waals surface area contributed by atoms with Gasteiger partial charge in [0.2, 0.25) is 0 Å². The number of benzene rings is 1. The van der Waals surface area contributed by atoms with Crippen molar-refractivity contribution in [1.29, 1.82) is 0 Å². The molecule has 0 amide bonds. The van der Waals surface area contributed by atoms with Gasteiger partial charge in [0.15, 0.2) is 0 Å². The molecule has 0 aromatic heterocycles. The second-order valence-electron chi connectivity index (χ2n) is 5.48. The van der Waals surface area contributed by atoms with Crippen molar-refractivity contribution in [2.24, 2.45) is 0 Å². The van der Waals surface area contributed by atoms with Crippen LogP contribution in [-0.4, -0.2) is 18.2 Å². The molecule has 0 spiro atoms. The number of ether oxygens (including phenoxy) is 1. The van der Waals surface area contributed by atoms with Crippen molar-refractivity contribution in [1.82, 2.24) is 5.32 Å². The highest BCUT2D eigenvalue weighted by atomic mass is 19.1. The Morgan fingerprint density at radius 3 is 2.42 bits per heavy atom. The molecule has 0 bridgehead atoms. The molecule has 1 aliphatic rings. The number of nitrogens with one attached hydrogen (secondary N) is 1. The lowest BCUT2D eigenvalue weighted by molar-refractivity contribution is -0.0434. The first kappa shape index (κ1) is 14.4. The fourth-order valence-corrected chi connectivity index (χ4v) is 2.84. The number of halogens is 2. The van der Waals surface area contributed by atoms with E-state index < -0.39 is 11.6 Å². The Morgan fingerprint density at radius 2 is 1.84 bits per heavy atom. The molecular formula is C15H21F2NO. The molecule has 3 unspecified atom stereocenters. The van der Waals surface area contributed by atoms with Crippen molar-refractivity contribution in [2.75, 3.05) is 0 Å². The van der Waals surface area contributed by atoms with Gasteiger partial charge in [0, 0.05) is 23.7 Å². The second-order valence-corrected chi connectivity index (χ2v) is 5.48. The Labute approximate surface area is 113 Å². The third-order valence-electron chi connectivity index (χ3n) is 3.61. The lowest BCUT2D eigenvalue weighted by Crippen LogP contribution is -2.42. The first-order chi connectivity index (χ1) is 8.95. The van der Waals surface area contributed by atoms with Crippen LogP contribution < -0.4 is 5.32 Å². The highest BCUT2D eigenvalue weighted by Gasteiger charge is 2.26. The van der Waals surface area contributed by atoms with Gasteiger partial charge in [0.25, 0.3) is 0 Å². The van der Waals surface area contributed by atoms with Crippen LogP contribution in [0.2, 0.25) is 0 Å². The van der Waals surface area contributed by atoms with E-state index in [4.69, 9.17) is 4.74 Å². The van der Waals surface area contributed by atoms with Gasteiger partial charge in [-0.3, -0.25) is 0 Å². The summed E-state index contributed by atoms with van der Waals surface area (Å²) in [5.74, 6) is -1.03. The summed E-state index contributed by atoms with van der Waals surface area (Å²) in [5.41, 5.74) is 0.508. The predicted molar refractivity (Wildman–Crippen MR) is 70.9 cm³/mol. The molecule has 106 valence electrons. The lowest BCUT2D eigenvalue weighted by Gasteiger charge is -2.34. The maximum Gasteiger partial charge on any atom is 0.130 e. The van der Waals surface area contributed by atoms with E-state index >= 15 is 0 Å². The lowest BCUT2D eigenvalue weighted by atomic mass is 9.97. The zero-order chi connectivity index (χ0) is 14.0. The minimum Gasteiger partial charge on any atom is -0.375 e. The van der Waals surface area contributed by atoms with Crippen molar-refractivity contribution in [3.05, 3.63) is 35.4 Å². The predicted octanol–water partition coefficient (Wildman–Crippen LogP) is 3.57. The van der Waals surface area contributed by atoms with Crippen molar-refractivity contribution >= 4 is 0 Å². The maximum absolute atomic E-state index is 13.7. The number of hydrogen-bond donors (Lipinski definition) is 1. The van der Waals surface area contributed by atoms with Crippen LogP contribution in [0.5, 0.6) is 0 Å². The minimum atomic E-state index is -0.540. The molecule has 1 aromatic rings. The first-order valence-electron chi connectivity index (χ1n) is 6.82. The van der Waals surface area contributed by atoms with Crippen molar-refractivity contribution in [2.45, 2.75) is 57.9 Å². The molecule has 2 rings (SSSR count). The Hall–Kier alpha value is -1.00. The molecule has 1 N–H and O–H groups in total. The molecule has 19 heavy (non-hydrogen) atoms. The van der Waals surface area contributed by atoms with Crippen LogP contribution in [0.15, 0.2) is 18.2 Å². The van der Waals surface area contributed by atoms with Crippen molar-refractivity contribution in [3.8, 4) is 0 Å². The Kier molecular flexibility index (Phi) is 4.53. The standard InChI is InChI=1S/C15H21F2NO/c1-9-6-13(7-10(2)19-9)18-11(3)14-5-4-12(16)8-15(14)17/h4-5,8-11,13,18H,6-7H2,1-3H3. The molecule has 3 atom stereocenters. The molecule has 0 saturated carbocycles. The van der Waals surface area contributed by atoms with Gasteiger partial charge in [-0.15, -0.1) is 0 Å². The van der Waals surface area contributed by atoms with E-state index in [1.165, 1.54) is 12.1 Å². The summed E-state index contributed by atoms with van der Waals surface area (Å²) in [5, 5.41) is 3.41. The van der Waals surface area contributed by atoms with Crippen LogP contribution in [0.1, 0.15) is 45.2 Å². The van der Waals surface area contributed by atoms with E-state index in [-0.39, 0.29) is 18.2 Å². The summed E-state index contributed by atoms with van der Waals surface area (Å²) < 4.78 is 32.3. The molecular weight excluding hydrogens is 248 g/mol. The quantitative estimate of drug-likeness (QED) is 0.905. The van der Waals surface area contributed by atoms with Gasteiger partial charge in [0.05, 0.1) is 12.2 Å². The van der Waals surface area contributed by atoms with Gasteiger partial charge in [0.1, 0.15) is 11.6 Å². The van der Waals surface area contributed by atoms with Gasteiger partial charge in [-0.25, -0.2) is 8.78 Å². The van der Waals surface area contributed by atoms with E-state index in [0.29, 0.717) is 11.6 Å². The zero-order valence-electron chi connectivity index (χ0n) is 11.6. The largest absolute Gasteiger partial charge is 0.375 e. The molecule has 1 fully saturated rings. The van der Waals surface area contributed by atoms with Gasteiger partial charge < -0.3 is 10.1 Å². The van der Waals surface area contributed by atoms with Crippen molar-refractivity contribution in [3.63, 3.8) is 0 Å². The molecule has 2 nitrogen and oxygen atoms in total. The smallest absolute Gasteiger partial charge is 0.130 e. The molecule has 0 radical (unpaired) electrons. The molecule has 1 aromatic carbocycles. The highest BCUT2D eigenvalue weighted by molar-refractivity contribution is 5.21. The van der Waals surface area contributed by atoms with Gasteiger partial charge in [-0.1, -0.05) is 6.07 Å². The average Bonchev–Trinajstić information content (AvgIpc) is 2.26. The van der Waals surface area contributed by atoms with Crippen LogP contribution in [0.4, 0.5) is 8.78 Å². The molecule has 4 heteroatoms. The Bertz CT molecular complexity index is 428. The summed E-state index contributed by atoms with van der Waals surface area (Å²) in [6.45, 7) is 6.00. The van der Waals surface area contributed by atoms with E-state index in [9.17, 15) is 8.78 Å². The summed E-state index contributed by atoms with van der Waals surface area (Å²) >= 11 is 0. The van der Waals surface area contributed by atoms with Crippen LogP contribution in [-0.2, 0) is 4.74 Å². The monoisotopic (exact) mass is 269 g/mol. The van der Waals surface area contributed by atoms with Crippen LogP contribution in [0.25, 0.3) is 0 Å². The maximum atomic E-state index is 13.7. The summed E-state index contributed by atoms with van der Waals surface area (Å²) in [6, 6.07) is 3.91. The molecule has 0 aliphatic carbocycles. The third-order valence-corrected chi connectivity index (χ3v) is 3.61. The molecule has 1 heterocycles. The van der Waals surface area contributed by atoms with Crippen LogP contribution in [0, 0.1) is 11.6 Å². The first-order valence-corrected chi connectivity index (χ1v) is 6.82. The fourth-order valence-electron chi connectivity index (χ4n) is 2.84. The number of rotatable bonds is 3. The van der Waals surface area contributed by atoms with E-state index in [1.54, 1.807) is 0 Å². The second kappa shape index (κ2) is 5.97. The minimum absolute atomic E-state index is 0.136. The van der Waals surface area contributed by atoms with Crippen molar-refractivity contribution < 1.29 is 13.5 Å². The zero-order valence-corrected chi connectivity index (χ0v) is 11.6. The molecule has 1 aliphatic heterocycles. The van der Waals surface area contributed by atoms with Crippen LogP contribution in [0.3, 0.4) is 0 Å². The molecule has 1 saturated heterocycles. The summed E-state index contributed by atoms with van der Waals surface area (Å²) in [7, 11) is 0. The Morgan fingerprint density at radius 1 is 1.21 bits per heavy atom. The fraction of sp³-hybridized carbons (Fsp3) is 0.600. The van der Waals surface area contributed by atoms with Gasteiger partial charge in [-0.2, -0.15) is 0 Å². The topological polar surface area (TPSA) is 21.3 Å². The summed E-state index contributed by atoms with van der Waals surface area (Å²) in [6.07, 6.45) is 2.26. The SMILES string of the molecule is CC1CC(NC(C)c2ccc(F)cc2F)CC(C)O1. The Balaban J connectivity index is 2.02. The van der Waals surface area contributed by atoms with Crippen LogP contribution >= 0.6 is 0 Å². The number of hydrogen-bond acceptors (Lipinski definition) is 2. The van der Waals surface area contributed by atoms with E-state index in [0.717, 1.165) is 18.9 Å². The van der Waals surface area contributed by atoms with E-state index in [2.05, 4.69) is 5.32 Å². The van der Waals surface area contributed by atoms with Gasteiger partial charge in [-0.05, 0) is 39.7 Å². The third kappa shape index (κ3) is 3.74. The normalized spacial score (nSPS) is 29.2. The summed E-state index contributed by atoms with van der Waals surface area (Å²) in [4.78, 5) is 0.